The number of ketones is 2. The molecule has 3 rings (SSSR count). The van der Waals surface area contributed by atoms with Crippen LogP contribution in [0.2, 0.25) is 0 Å². The predicted octanol–water partition coefficient (Wildman–Crippen LogP) is 3.32. The number of benzene rings is 1. The molecule has 3 nitrogen and oxygen atoms in total. The van der Waals surface area contributed by atoms with Crippen molar-refractivity contribution in [3.8, 4) is 0 Å². The molecule has 4 heteroatoms. The Hall–Kier alpha value is -1.55. The molecule has 1 heterocycles. The Morgan fingerprint density at radius 1 is 1.04 bits per heavy atom. The Labute approximate surface area is 146 Å². The van der Waals surface area contributed by atoms with Gasteiger partial charge in [-0.2, -0.15) is 0 Å². The highest BCUT2D eigenvalue weighted by molar-refractivity contribution is 7.85. The smallest absolute Gasteiger partial charge is 0.173 e. The fourth-order valence-electron chi connectivity index (χ4n) is 4.05. The lowest BCUT2D eigenvalue weighted by Gasteiger charge is -2.18. The van der Waals surface area contributed by atoms with Crippen molar-refractivity contribution in [3.05, 3.63) is 46.0 Å². The second-order valence-corrected chi connectivity index (χ2v) is 8.83. The molecule has 0 N–H and O–H groups in total. The minimum absolute atomic E-state index is 0.0145. The second-order valence-electron chi connectivity index (χ2n) is 7.13. The Balaban J connectivity index is 1.89. The summed E-state index contributed by atoms with van der Waals surface area (Å²) in [6.07, 6.45) is 3.95. The Morgan fingerprint density at radius 3 is 2.21 bits per heavy atom. The number of hydrogen-bond donors (Lipinski definition) is 0. The van der Waals surface area contributed by atoms with Crippen molar-refractivity contribution in [1.82, 2.24) is 0 Å². The van der Waals surface area contributed by atoms with Crippen LogP contribution in [0.1, 0.15) is 47.4 Å². The monoisotopic (exact) mass is 344 g/mol. The van der Waals surface area contributed by atoms with E-state index < -0.39 is 16.7 Å². The van der Waals surface area contributed by atoms with Crippen molar-refractivity contribution in [3.63, 3.8) is 0 Å². The lowest BCUT2D eigenvalue weighted by atomic mass is 9.87. The molecule has 0 spiro atoms. The van der Waals surface area contributed by atoms with Crippen LogP contribution in [0.4, 0.5) is 0 Å². The number of rotatable bonds is 2. The van der Waals surface area contributed by atoms with Gasteiger partial charge in [-0.15, -0.1) is 0 Å². The maximum absolute atomic E-state index is 12.9. The van der Waals surface area contributed by atoms with E-state index in [1.165, 1.54) is 0 Å². The van der Waals surface area contributed by atoms with E-state index in [0.29, 0.717) is 17.1 Å². The number of allylic oxidation sites excluding steroid dienone is 2. The van der Waals surface area contributed by atoms with E-state index in [-0.39, 0.29) is 23.9 Å². The van der Waals surface area contributed by atoms with Gasteiger partial charge in [0.25, 0.3) is 0 Å². The van der Waals surface area contributed by atoms with Crippen LogP contribution in [0.3, 0.4) is 0 Å². The zero-order valence-corrected chi connectivity index (χ0v) is 15.4. The first-order valence-electron chi connectivity index (χ1n) is 8.57. The lowest BCUT2D eigenvalue weighted by molar-refractivity contribution is -0.123. The van der Waals surface area contributed by atoms with Gasteiger partial charge in [-0.1, -0.05) is 23.8 Å². The summed E-state index contributed by atoms with van der Waals surface area (Å²) < 4.78 is 11.5. The first kappa shape index (κ1) is 17.3. The van der Waals surface area contributed by atoms with E-state index in [2.05, 4.69) is 0 Å². The molecule has 2 aliphatic rings. The summed E-state index contributed by atoms with van der Waals surface area (Å²) in [7, 11) is -0.706. The number of aryl methyl sites for hydroxylation is 3. The first-order valence-corrected chi connectivity index (χ1v) is 10.1. The van der Waals surface area contributed by atoms with E-state index in [9.17, 15) is 13.8 Å². The molecule has 1 unspecified atom stereocenters. The van der Waals surface area contributed by atoms with Gasteiger partial charge in [-0.3, -0.25) is 13.8 Å². The lowest BCUT2D eigenvalue weighted by Crippen LogP contribution is -2.18. The standard InChI is InChI=1S/C20H24O3S/c1-12-8-13(2)18(14(3)9-12)19-17(21)11-16(20(19)22)10-15-4-6-24(23)7-5-15/h8-10,15,19H,4-7,11H2,1-3H3. The van der Waals surface area contributed by atoms with Crippen molar-refractivity contribution in [2.24, 2.45) is 5.92 Å². The zero-order chi connectivity index (χ0) is 17.4. The van der Waals surface area contributed by atoms with Crippen LogP contribution in [-0.2, 0) is 20.4 Å². The van der Waals surface area contributed by atoms with Crippen molar-refractivity contribution >= 4 is 22.4 Å². The summed E-state index contributed by atoms with van der Waals surface area (Å²) >= 11 is 0. The quantitative estimate of drug-likeness (QED) is 0.611. The van der Waals surface area contributed by atoms with Crippen LogP contribution >= 0.6 is 0 Å². The van der Waals surface area contributed by atoms with Crippen LogP contribution in [0.5, 0.6) is 0 Å². The minimum atomic E-state index is -0.706. The van der Waals surface area contributed by atoms with Gasteiger partial charge >= 0.3 is 0 Å². The minimum Gasteiger partial charge on any atom is -0.298 e. The van der Waals surface area contributed by atoms with Crippen LogP contribution in [0.25, 0.3) is 0 Å². The highest BCUT2D eigenvalue weighted by Gasteiger charge is 2.40. The van der Waals surface area contributed by atoms with Gasteiger partial charge < -0.3 is 0 Å². The largest absolute Gasteiger partial charge is 0.298 e. The average molecular weight is 344 g/mol. The summed E-state index contributed by atoms with van der Waals surface area (Å²) in [4.78, 5) is 25.5. The summed E-state index contributed by atoms with van der Waals surface area (Å²) in [6.45, 7) is 5.99. The SMILES string of the molecule is Cc1cc(C)c(C2C(=O)CC(=CC3CCS(=O)CC3)C2=O)c(C)c1. The van der Waals surface area contributed by atoms with Gasteiger partial charge in [-0.25, -0.2) is 0 Å². The van der Waals surface area contributed by atoms with Crippen LogP contribution in [0.15, 0.2) is 23.8 Å². The first-order chi connectivity index (χ1) is 11.4. The molecule has 0 radical (unpaired) electrons. The third kappa shape index (κ3) is 3.30. The second kappa shape index (κ2) is 6.75. The molecular formula is C20H24O3S. The molecule has 1 aliphatic carbocycles. The number of Topliss-reactive ketones (excluding diaryl/α,β-unsaturated/α-hetero) is 2. The predicted molar refractivity (Wildman–Crippen MR) is 96.7 cm³/mol. The fourth-order valence-corrected chi connectivity index (χ4v) is 5.39. The summed E-state index contributed by atoms with van der Waals surface area (Å²) in [5, 5.41) is 0. The van der Waals surface area contributed by atoms with E-state index >= 15 is 0 Å². The van der Waals surface area contributed by atoms with E-state index in [1.807, 2.05) is 39.0 Å². The molecular weight excluding hydrogens is 320 g/mol. The van der Waals surface area contributed by atoms with Crippen molar-refractivity contribution < 1.29 is 13.8 Å². The maximum atomic E-state index is 12.9. The van der Waals surface area contributed by atoms with Gasteiger partial charge in [0, 0.05) is 28.7 Å². The highest BCUT2D eigenvalue weighted by Crippen LogP contribution is 2.37. The average Bonchev–Trinajstić information content (AvgIpc) is 2.76. The topological polar surface area (TPSA) is 51.2 Å². The molecule has 0 amide bonds. The Bertz CT molecular complexity index is 727. The molecule has 1 aromatic rings. The van der Waals surface area contributed by atoms with Gasteiger partial charge in [0.05, 0.1) is 0 Å². The van der Waals surface area contributed by atoms with Crippen molar-refractivity contribution in [1.29, 1.82) is 0 Å². The summed E-state index contributed by atoms with van der Waals surface area (Å²) in [5.74, 6) is 1.05. The van der Waals surface area contributed by atoms with E-state index in [0.717, 1.165) is 35.1 Å². The van der Waals surface area contributed by atoms with Gasteiger partial charge in [0.2, 0.25) is 0 Å². The van der Waals surface area contributed by atoms with Gasteiger partial charge in [-0.05, 0) is 61.8 Å². The molecule has 24 heavy (non-hydrogen) atoms. The molecule has 0 bridgehead atoms. The number of hydrogen-bond acceptors (Lipinski definition) is 3. The zero-order valence-electron chi connectivity index (χ0n) is 14.6. The van der Waals surface area contributed by atoms with Crippen LogP contribution in [-0.4, -0.2) is 27.3 Å². The molecule has 1 aliphatic heterocycles. The maximum Gasteiger partial charge on any atom is 0.173 e. The molecule has 1 saturated heterocycles. The number of carbonyl (C=O) groups is 2. The van der Waals surface area contributed by atoms with Crippen LogP contribution < -0.4 is 0 Å². The molecule has 1 atom stereocenters. The summed E-state index contributed by atoms with van der Waals surface area (Å²) in [5.41, 5.74) is 4.76. The third-order valence-electron chi connectivity index (χ3n) is 5.16. The number of carbonyl (C=O) groups excluding carboxylic acids is 2. The van der Waals surface area contributed by atoms with Crippen molar-refractivity contribution in [2.75, 3.05) is 11.5 Å². The fraction of sp³-hybridized carbons (Fsp3) is 0.500. The van der Waals surface area contributed by atoms with Crippen LogP contribution in [0, 0.1) is 26.7 Å². The molecule has 1 aromatic carbocycles. The van der Waals surface area contributed by atoms with Crippen molar-refractivity contribution in [2.45, 2.75) is 46.0 Å². The summed E-state index contributed by atoms with van der Waals surface area (Å²) in [6, 6.07) is 4.09. The molecule has 1 saturated carbocycles. The normalized spacial score (nSPS) is 29.5. The molecule has 2 fully saturated rings. The molecule has 0 aromatic heterocycles. The Morgan fingerprint density at radius 2 is 1.62 bits per heavy atom. The third-order valence-corrected chi connectivity index (χ3v) is 6.54. The Kier molecular flexibility index (Phi) is 4.86. The van der Waals surface area contributed by atoms with E-state index in [1.54, 1.807) is 0 Å². The van der Waals surface area contributed by atoms with Gasteiger partial charge in [0.15, 0.2) is 11.6 Å². The highest BCUT2D eigenvalue weighted by atomic mass is 32.2. The van der Waals surface area contributed by atoms with Gasteiger partial charge in [0.1, 0.15) is 5.92 Å². The van der Waals surface area contributed by atoms with E-state index in [4.69, 9.17) is 0 Å². The molecule has 128 valence electrons.